The quantitative estimate of drug-likeness (QED) is 0.532. The maximum absolute atomic E-state index is 12.2. The number of pyridine rings is 1. The van der Waals surface area contributed by atoms with Gasteiger partial charge < -0.3 is 14.4 Å². The molecule has 1 amide bonds. The largest absolute Gasteiger partial charge is 0.349 e. The van der Waals surface area contributed by atoms with Crippen LogP contribution in [0.2, 0.25) is 0 Å². The summed E-state index contributed by atoms with van der Waals surface area (Å²) in [6.45, 7) is 3.24. The molecule has 4 aromatic rings. The molecular weight excluding hydrogens is 356 g/mol. The lowest BCUT2D eigenvalue weighted by Gasteiger charge is -2.07. The highest BCUT2D eigenvalue weighted by Crippen LogP contribution is 2.16. The van der Waals surface area contributed by atoms with E-state index in [9.17, 15) is 4.79 Å². The van der Waals surface area contributed by atoms with Gasteiger partial charge in [0.05, 0.1) is 17.6 Å². The van der Waals surface area contributed by atoms with Crippen LogP contribution >= 0.6 is 0 Å². The van der Waals surface area contributed by atoms with E-state index in [-0.39, 0.29) is 12.3 Å². The molecule has 0 aliphatic rings. The number of benzene rings is 1. The molecule has 3 aromatic heterocycles. The minimum Gasteiger partial charge on any atom is -0.349 e. The highest BCUT2D eigenvalue weighted by atomic mass is 16.5. The molecule has 0 unspecified atom stereocenters. The number of aromatic nitrogens is 5. The van der Waals surface area contributed by atoms with Gasteiger partial charge in [0.2, 0.25) is 17.6 Å². The molecule has 1 aromatic carbocycles. The number of amides is 1. The number of aryl methyl sites for hydroxylation is 2. The first-order chi connectivity index (χ1) is 13.7. The van der Waals surface area contributed by atoms with Gasteiger partial charge in [-0.3, -0.25) is 9.78 Å². The molecule has 3 heterocycles. The molecule has 0 radical (unpaired) electrons. The van der Waals surface area contributed by atoms with Gasteiger partial charge >= 0.3 is 0 Å². The van der Waals surface area contributed by atoms with Gasteiger partial charge in [-0.25, -0.2) is 4.98 Å². The van der Waals surface area contributed by atoms with Crippen LogP contribution in [0.5, 0.6) is 0 Å². The van der Waals surface area contributed by atoms with Crippen LogP contribution in [0.25, 0.3) is 22.4 Å². The summed E-state index contributed by atoms with van der Waals surface area (Å²) in [6, 6.07) is 11.6. The number of nitrogens with one attached hydrogen (secondary N) is 1. The van der Waals surface area contributed by atoms with Crippen LogP contribution < -0.4 is 5.32 Å². The van der Waals surface area contributed by atoms with Crippen molar-refractivity contribution >= 4 is 16.9 Å². The van der Waals surface area contributed by atoms with Gasteiger partial charge in [0.25, 0.3) is 0 Å². The van der Waals surface area contributed by atoms with Gasteiger partial charge in [0.1, 0.15) is 5.82 Å². The third-order valence-corrected chi connectivity index (χ3v) is 4.47. The second-order valence-corrected chi connectivity index (χ2v) is 6.29. The van der Waals surface area contributed by atoms with E-state index in [1.165, 1.54) is 0 Å². The Bertz CT molecular complexity index is 1090. The first kappa shape index (κ1) is 17.8. The molecule has 0 aliphatic carbocycles. The molecule has 0 spiro atoms. The number of nitrogens with zero attached hydrogens (tertiary/aromatic N) is 5. The van der Waals surface area contributed by atoms with Gasteiger partial charge in [-0.2, -0.15) is 4.98 Å². The molecular formula is C20H20N6O2. The van der Waals surface area contributed by atoms with E-state index in [0.717, 1.165) is 29.0 Å². The number of hydrogen-bond donors (Lipinski definition) is 1. The number of para-hydroxylation sites is 2. The molecule has 142 valence electrons. The molecule has 4 rings (SSSR count). The topological polar surface area (TPSA) is 98.7 Å². The third kappa shape index (κ3) is 3.75. The Morgan fingerprint density at radius 1 is 1.14 bits per heavy atom. The summed E-state index contributed by atoms with van der Waals surface area (Å²) in [5, 5.41) is 6.87. The second kappa shape index (κ2) is 7.99. The summed E-state index contributed by atoms with van der Waals surface area (Å²) in [7, 11) is 0. The standard InChI is InChI=1S/C20H20N6O2/c1-2-26-16-6-4-3-5-15(16)23-17(26)13-22-18(27)7-8-19-24-20(25-28-19)14-9-11-21-12-10-14/h3-6,9-12H,2,7-8,13H2,1H3,(H,22,27). The molecule has 8 heteroatoms. The smallest absolute Gasteiger partial charge is 0.227 e. The molecule has 0 atom stereocenters. The zero-order chi connectivity index (χ0) is 19.3. The lowest BCUT2D eigenvalue weighted by atomic mass is 10.2. The molecule has 0 fully saturated rings. The predicted molar refractivity (Wildman–Crippen MR) is 103 cm³/mol. The monoisotopic (exact) mass is 376 g/mol. The SMILES string of the molecule is CCn1c(CNC(=O)CCc2nc(-c3ccncc3)no2)nc2ccccc21. The van der Waals surface area contributed by atoms with E-state index in [0.29, 0.717) is 24.7 Å². The minimum atomic E-state index is -0.0848. The summed E-state index contributed by atoms with van der Waals surface area (Å²) in [5.41, 5.74) is 2.83. The molecule has 0 bridgehead atoms. The lowest BCUT2D eigenvalue weighted by Crippen LogP contribution is -2.25. The van der Waals surface area contributed by atoms with Crippen LogP contribution in [0.4, 0.5) is 0 Å². The van der Waals surface area contributed by atoms with E-state index in [1.807, 2.05) is 24.3 Å². The van der Waals surface area contributed by atoms with Crippen molar-refractivity contribution in [3.63, 3.8) is 0 Å². The first-order valence-electron chi connectivity index (χ1n) is 9.18. The Morgan fingerprint density at radius 2 is 1.96 bits per heavy atom. The molecule has 8 nitrogen and oxygen atoms in total. The fourth-order valence-electron chi connectivity index (χ4n) is 3.07. The molecule has 0 saturated heterocycles. The maximum atomic E-state index is 12.2. The second-order valence-electron chi connectivity index (χ2n) is 6.29. The molecule has 28 heavy (non-hydrogen) atoms. The maximum Gasteiger partial charge on any atom is 0.227 e. The van der Waals surface area contributed by atoms with Gasteiger partial charge in [-0.1, -0.05) is 17.3 Å². The highest BCUT2D eigenvalue weighted by molar-refractivity contribution is 5.77. The number of imidazole rings is 1. The summed E-state index contributed by atoms with van der Waals surface area (Å²) in [4.78, 5) is 25.1. The number of carbonyl (C=O) groups is 1. The Hall–Kier alpha value is -3.55. The Balaban J connectivity index is 1.34. The number of hydrogen-bond acceptors (Lipinski definition) is 6. The summed E-state index contributed by atoms with van der Waals surface area (Å²) < 4.78 is 7.34. The normalized spacial score (nSPS) is 11.0. The summed E-state index contributed by atoms with van der Waals surface area (Å²) in [6.07, 6.45) is 3.99. The van der Waals surface area contributed by atoms with Crippen LogP contribution in [0, 0.1) is 0 Å². The molecule has 0 saturated carbocycles. The van der Waals surface area contributed by atoms with Crippen LogP contribution in [0.1, 0.15) is 25.1 Å². The van der Waals surface area contributed by atoms with Crippen molar-refractivity contribution in [3.05, 3.63) is 60.5 Å². The third-order valence-electron chi connectivity index (χ3n) is 4.47. The fourth-order valence-corrected chi connectivity index (χ4v) is 3.07. The average Bonchev–Trinajstić information content (AvgIpc) is 3.35. The molecule has 1 N–H and O–H groups in total. The fraction of sp³-hybridized carbons (Fsp3) is 0.250. The van der Waals surface area contributed by atoms with Gasteiger partial charge in [-0.15, -0.1) is 0 Å². The van der Waals surface area contributed by atoms with Crippen LogP contribution in [0.15, 0.2) is 53.3 Å². The van der Waals surface area contributed by atoms with Crippen LogP contribution in [0.3, 0.4) is 0 Å². The Kier molecular flexibility index (Phi) is 5.09. The zero-order valence-electron chi connectivity index (χ0n) is 15.5. The number of fused-ring (bicyclic) bond motifs is 1. The van der Waals surface area contributed by atoms with Gasteiger partial charge in [0, 0.05) is 37.3 Å². The Labute approximate surface area is 161 Å². The van der Waals surface area contributed by atoms with Crippen molar-refractivity contribution in [2.24, 2.45) is 0 Å². The summed E-state index contributed by atoms with van der Waals surface area (Å²) in [5.74, 6) is 1.69. The van der Waals surface area contributed by atoms with E-state index in [2.05, 4.69) is 36.9 Å². The van der Waals surface area contributed by atoms with E-state index in [1.54, 1.807) is 24.5 Å². The lowest BCUT2D eigenvalue weighted by molar-refractivity contribution is -0.121. The van der Waals surface area contributed by atoms with Crippen LogP contribution in [-0.2, 0) is 24.3 Å². The zero-order valence-corrected chi connectivity index (χ0v) is 15.5. The molecule has 0 aliphatic heterocycles. The van der Waals surface area contributed by atoms with Crippen molar-refractivity contribution < 1.29 is 9.32 Å². The van der Waals surface area contributed by atoms with Crippen molar-refractivity contribution in [2.45, 2.75) is 32.9 Å². The summed E-state index contributed by atoms with van der Waals surface area (Å²) >= 11 is 0. The van der Waals surface area contributed by atoms with E-state index < -0.39 is 0 Å². The van der Waals surface area contributed by atoms with E-state index in [4.69, 9.17) is 4.52 Å². The van der Waals surface area contributed by atoms with Gasteiger partial charge in [-0.05, 0) is 31.2 Å². The highest BCUT2D eigenvalue weighted by Gasteiger charge is 2.13. The Morgan fingerprint density at radius 3 is 2.79 bits per heavy atom. The van der Waals surface area contributed by atoms with Crippen molar-refractivity contribution in [2.75, 3.05) is 0 Å². The first-order valence-corrected chi connectivity index (χ1v) is 9.18. The number of rotatable bonds is 7. The van der Waals surface area contributed by atoms with Crippen LogP contribution in [-0.4, -0.2) is 30.6 Å². The minimum absolute atomic E-state index is 0.0848. The average molecular weight is 376 g/mol. The number of carbonyl (C=O) groups excluding carboxylic acids is 1. The van der Waals surface area contributed by atoms with Crippen molar-refractivity contribution in [1.82, 2.24) is 30.0 Å². The van der Waals surface area contributed by atoms with E-state index >= 15 is 0 Å². The van der Waals surface area contributed by atoms with Crippen molar-refractivity contribution in [3.8, 4) is 11.4 Å². The predicted octanol–water partition coefficient (Wildman–Crippen LogP) is 2.75. The van der Waals surface area contributed by atoms with Crippen molar-refractivity contribution in [1.29, 1.82) is 0 Å². The van der Waals surface area contributed by atoms with Gasteiger partial charge in [0.15, 0.2) is 0 Å².